The summed E-state index contributed by atoms with van der Waals surface area (Å²) in [5.41, 5.74) is 5.02. The van der Waals surface area contributed by atoms with Crippen LogP contribution in [0.1, 0.15) is 29.7 Å². The summed E-state index contributed by atoms with van der Waals surface area (Å²) in [5, 5.41) is 2.01. The van der Waals surface area contributed by atoms with Gasteiger partial charge in [0.25, 0.3) is 0 Å². The third-order valence-corrected chi connectivity index (χ3v) is 6.76. The van der Waals surface area contributed by atoms with Gasteiger partial charge in [-0.1, -0.05) is 24.3 Å². The third kappa shape index (κ3) is 3.95. The minimum Gasteiger partial charge on any atom is -0.438 e. The number of rotatable bonds is 5. The summed E-state index contributed by atoms with van der Waals surface area (Å²) < 4.78 is 6.10. The molecule has 5 rings (SSSR count). The Morgan fingerprint density at radius 2 is 1.97 bits per heavy atom. The molecule has 1 atom stereocenters. The van der Waals surface area contributed by atoms with Gasteiger partial charge in [-0.05, 0) is 59.7 Å². The number of hydrogen-bond donors (Lipinski definition) is 0. The minimum atomic E-state index is -0.0808. The van der Waals surface area contributed by atoms with Crippen molar-refractivity contribution in [2.45, 2.75) is 25.3 Å². The largest absolute Gasteiger partial charge is 0.438 e. The number of likely N-dealkylation sites (tertiary alicyclic amines) is 1. The minimum absolute atomic E-state index is 0.0808. The lowest BCUT2D eigenvalue weighted by Crippen LogP contribution is -2.31. The molecule has 0 aliphatic carbocycles. The molecule has 1 amide bonds. The Kier molecular flexibility index (Phi) is 5.24. The van der Waals surface area contributed by atoms with Crippen molar-refractivity contribution in [3.05, 3.63) is 70.7 Å². The molecular formula is C25H25N3O2S. The maximum atomic E-state index is 12.9. The van der Waals surface area contributed by atoms with E-state index in [1.807, 2.05) is 42.6 Å². The molecule has 31 heavy (non-hydrogen) atoms. The highest BCUT2D eigenvalue weighted by molar-refractivity contribution is 7.10. The SMILES string of the molecule is CN(C)c1ccc(-c2ccc3oc([C@@H]4CCCN4C(=O)Cc4cccs4)nc3c2)cc1. The zero-order valence-corrected chi connectivity index (χ0v) is 18.6. The van der Waals surface area contributed by atoms with Crippen molar-refractivity contribution in [2.75, 3.05) is 25.5 Å². The summed E-state index contributed by atoms with van der Waals surface area (Å²) >= 11 is 1.62. The van der Waals surface area contributed by atoms with Crippen molar-refractivity contribution in [1.29, 1.82) is 0 Å². The van der Waals surface area contributed by atoms with Gasteiger partial charge in [0.05, 0.1) is 6.42 Å². The lowest BCUT2D eigenvalue weighted by molar-refractivity contribution is -0.131. The number of hydrogen-bond acceptors (Lipinski definition) is 5. The summed E-state index contributed by atoms with van der Waals surface area (Å²) in [7, 11) is 4.07. The highest BCUT2D eigenvalue weighted by Gasteiger charge is 2.33. The number of aromatic nitrogens is 1. The van der Waals surface area contributed by atoms with E-state index in [9.17, 15) is 4.79 Å². The number of benzene rings is 2. The Balaban J connectivity index is 1.39. The van der Waals surface area contributed by atoms with Crippen LogP contribution in [-0.4, -0.2) is 36.4 Å². The van der Waals surface area contributed by atoms with E-state index in [4.69, 9.17) is 9.40 Å². The van der Waals surface area contributed by atoms with Gasteiger partial charge in [0, 0.05) is 31.2 Å². The van der Waals surface area contributed by atoms with Gasteiger partial charge in [-0.3, -0.25) is 4.79 Å². The predicted octanol–water partition coefficient (Wildman–Crippen LogP) is 5.53. The van der Waals surface area contributed by atoms with Gasteiger partial charge in [0.2, 0.25) is 11.8 Å². The summed E-state index contributed by atoms with van der Waals surface area (Å²) in [5.74, 6) is 0.793. The van der Waals surface area contributed by atoms with E-state index in [1.54, 1.807) is 11.3 Å². The molecule has 4 aromatic rings. The highest BCUT2D eigenvalue weighted by Crippen LogP contribution is 2.35. The molecule has 0 unspecified atom stereocenters. The van der Waals surface area contributed by atoms with Crippen molar-refractivity contribution < 1.29 is 9.21 Å². The summed E-state index contributed by atoms with van der Waals surface area (Å²) in [6.07, 6.45) is 2.31. The molecule has 158 valence electrons. The van der Waals surface area contributed by atoms with Crippen LogP contribution < -0.4 is 4.90 Å². The standard InChI is InChI=1S/C25H25N3O2S/c1-27(2)19-10-7-17(8-11-19)18-9-12-23-21(15-18)26-25(30-23)22-6-3-13-28(22)24(29)16-20-5-4-14-31-20/h4-5,7-12,14-15,22H,3,6,13,16H2,1-2H3/t22-/m0/s1. The molecule has 1 fully saturated rings. The van der Waals surface area contributed by atoms with E-state index in [-0.39, 0.29) is 11.9 Å². The van der Waals surface area contributed by atoms with Crippen LogP contribution in [0.3, 0.4) is 0 Å². The Bertz CT molecular complexity index is 1200. The Morgan fingerprint density at radius 3 is 2.71 bits per heavy atom. The van der Waals surface area contributed by atoms with Crippen molar-refractivity contribution >= 4 is 34.0 Å². The number of carbonyl (C=O) groups is 1. The fraction of sp³-hybridized carbons (Fsp3) is 0.280. The second-order valence-corrected chi connectivity index (χ2v) is 9.21. The third-order valence-electron chi connectivity index (χ3n) is 5.88. The van der Waals surface area contributed by atoms with E-state index in [2.05, 4.69) is 41.3 Å². The second-order valence-electron chi connectivity index (χ2n) is 8.18. The first-order valence-electron chi connectivity index (χ1n) is 10.6. The topological polar surface area (TPSA) is 49.6 Å². The molecule has 1 aliphatic heterocycles. The molecule has 2 aromatic carbocycles. The zero-order valence-electron chi connectivity index (χ0n) is 17.7. The Labute approximate surface area is 185 Å². The van der Waals surface area contributed by atoms with Crippen molar-refractivity contribution in [1.82, 2.24) is 9.88 Å². The average molecular weight is 432 g/mol. The van der Waals surface area contributed by atoms with Crippen molar-refractivity contribution in [3.8, 4) is 11.1 Å². The van der Waals surface area contributed by atoms with E-state index in [0.717, 1.165) is 46.5 Å². The van der Waals surface area contributed by atoms with E-state index in [1.165, 1.54) is 5.69 Å². The van der Waals surface area contributed by atoms with Gasteiger partial charge < -0.3 is 14.2 Å². The predicted molar refractivity (Wildman–Crippen MR) is 125 cm³/mol. The molecule has 1 saturated heterocycles. The van der Waals surface area contributed by atoms with Gasteiger partial charge in [0.1, 0.15) is 11.6 Å². The van der Waals surface area contributed by atoms with Crippen molar-refractivity contribution in [3.63, 3.8) is 0 Å². The molecule has 0 spiro atoms. The van der Waals surface area contributed by atoms with Crippen LogP contribution in [0.25, 0.3) is 22.2 Å². The van der Waals surface area contributed by atoms with Crippen molar-refractivity contribution in [2.24, 2.45) is 0 Å². The number of anilines is 1. The fourth-order valence-electron chi connectivity index (χ4n) is 4.21. The van der Waals surface area contributed by atoms with Crippen LogP contribution in [0.4, 0.5) is 5.69 Å². The van der Waals surface area contributed by atoms with E-state index in [0.29, 0.717) is 12.3 Å². The van der Waals surface area contributed by atoms with Crippen LogP contribution in [0, 0.1) is 0 Å². The second kappa shape index (κ2) is 8.19. The number of amides is 1. The number of carbonyl (C=O) groups excluding carboxylic acids is 1. The van der Waals surface area contributed by atoms with E-state index < -0.39 is 0 Å². The highest BCUT2D eigenvalue weighted by atomic mass is 32.1. The zero-order chi connectivity index (χ0) is 21.4. The Morgan fingerprint density at radius 1 is 1.16 bits per heavy atom. The smallest absolute Gasteiger partial charge is 0.228 e. The lowest BCUT2D eigenvalue weighted by Gasteiger charge is -2.22. The maximum absolute atomic E-state index is 12.9. The van der Waals surface area contributed by atoms with Crippen LogP contribution in [0.5, 0.6) is 0 Å². The molecule has 0 N–H and O–H groups in total. The molecule has 0 saturated carbocycles. The maximum Gasteiger partial charge on any atom is 0.228 e. The summed E-state index contributed by atoms with van der Waals surface area (Å²) in [6.45, 7) is 0.761. The monoisotopic (exact) mass is 431 g/mol. The quantitative estimate of drug-likeness (QED) is 0.417. The van der Waals surface area contributed by atoms with Gasteiger partial charge in [-0.2, -0.15) is 0 Å². The molecule has 1 aliphatic rings. The first kappa shape index (κ1) is 19.8. The summed E-state index contributed by atoms with van der Waals surface area (Å²) in [6, 6.07) is 18.5. The van der Waals surface area contributed by atoms with Gasteiger partial charge in [-0.15, -0.1) is 11.3 Å². The molecule has 0 radical (unpaired) electrons. The average Bonchev–Trinajstić information content (AvgIpc) is 3.53. The molecule has 3 heterocycles. The number of oxazole rings is 1. The fourth-order valence-corrected chi connectivity index (χ4v) is 4.90. The molecule has 6 heteroatoms. The van der Waals surface area contributed by atoms with Gasteiger partial charge in [0.15, 0.2) is 5.58 Å². The van der Waals surface area contributed by atoms with Gasteiger partial charge in [-0.25, -0.2) is 4.98 Å². The Hall–Kier alpha value is -3.12. The van der Waals surface area contributed by atoms with Crippen LogP contribution in [0.2, 0.25) is 0 Å². The molecule has 2 aromatic heterocycles. The molecule has 5 nitrogen and oxygen atoms in total. The summed E-state index contributed by atoms with van der Waals surface area (Å²) in [4.78, 5) is 22.8. The lowest BCUT2D eigenvalue weighted by atomic mass is 10.0. The first-order chi connectivity index (χ1) is 15.1. The number of thiophene rings is 1. The van der Waals surface area contributed by atoms with Crippen LogP contribution >= 0.6 is 11.3 Å². The van der Waals surface area contributed by atoms with Gasteiger partial charge >= 0.3 is 0 Å². The number of nitrogens with zero attached hydrogens (tertiary/aromatic N) is 3. The van der Waals surface area contributed by atoms with Crippen LogP contribution in [-0.2, 0) is 11.2 Å². The van der Waals surface area contributed by atoms with E-state index >= 15 is 0 Å². The normalized spacial score (nSPS) is 16.2. The first-order valence-corrected chi connectivity index (χ1v) is 11.5. The molecular weight excluding hydrogens is 406 g/mol. The molecule has 0 bridgehead atoms. The number of fused-ring (bicyclic) bond motifs is 1. The van der Waals surface area contributed by atoms with Crippen LogP contribution in [0.15, 0.2) is 64.4 Å².